The summed E-state index contributed by atoms with van der Waals surface area (Å²) in [5.74, 6) is 0.530. The zero-order valence-electron chi connectivity index (χ0n) is 15.4. The third kappa shape index (κ3) is 3.27. The van der Waals surface area contributed by atoms with Crippen molar-refractivity contribution < 1.29 is 5.11 Å². The Bertz CT molecular complexity index is 998. The average Bonchev–Trinajstić information content (AvgIpc) is 2.59. The number of fused-ring (bicyclic) bond motifs is 2. The molecule has 4 N–H and O–H groups in total. The van der Waals surface area contributed by atoms with Gasteiger partial charge in [-0.15, -0.1) is 0 Å². The van der Waals surface area contributed by atoms with Gasteiger partial charge in [0.15, 0.2) is 5.82 Å². The highest BCUT2D eigenvalue weighted by Crippen LogP contribution is 2.37. The summed E-state index contributed by atoms with van der Waals surface area (Å²) in [6, 6.07) is 4.09. The highest BCUT2D eigenvalue weighted by Gasteiger charge is 2.24. The van der Waals surface area contributed by atoms with Crippen molar-refractivity contribution >= 4 is 23.8 Å². The Morgan fingerprint density at radius 3 is 2.73 bits per heavy atom. The lowest BCUT2D eigenvalue weighted by Gasteiger charge is -2.30. The number of aryl methyl sites for hydroxylation is 2. The van der Waals surface area contributed by atoms with Crippen LogP contribution in [0.3, 0.4) is 0 Å². The van der Waals surface area contributed by atoms with Gasteiger partial charge in [-0.3, -0.25) is 0 Å². The van der Waals surface area contributed by atoms with E-state index >= 15 is 0 Å². The van der Waals surface area contributed by atoms with Crippen molar-refractivity contribution in [3.8, 4) is 0 Å². The molecular formula is C19H25N5O2. The number of rotatable bonds is 5. The number of aliphatic hydroxyl groups is 1. The van der Waals surface area contributed by atoms with Crippen LogP contribution in [0.2, 0.25) is 0 Å². The van der Waals surface area contributed by atoms with Gasteiger partial charge in [0.2, 0.25) is 0 Å². The van der Waals surface area contributed by atoms with Crippen LogP contribution < -0.4 is 27.0 Å². The minimum Gasteiger partial charge on any atom is -0.392 e. The number of aliphatic hydroxyl groups excluding tert-OH is 1. The summed E-state index contributed by atoms with van der Waals surface area (Å²) in [6.45, 7) is 10.8. The molecule has 0 radical (unpaired) electrons. The number of anilines is 2. The van der Waals surface area contributed by atoms with Gasteiger partial charge >= 0.3 is 5.69 Å². The van der Waals surface area contributed by atoms with Gasteiger partial charge in [-0.1, -0.05) is 13.5 Å². The van der Waals surface area contributed by atoms with Crippen LogP contribution in [-0.4, -0.2) is 34.3 Å². The molecule has 1 aliphatic heterocycles. The fraction of sp³-hybridized carbons (Fsp3) is 0.421. The second kappa shape index (κ2) is 7.01. The molecule has 2 aromatic rings. The molecular weight excluding hydrogens is 330 g/mol. The summed E-state index contributed by atoms with van der Waals surface area (Å²) in [4.78, 5) is 25.3. The maximum atomic E-state index is 11.9. The number of aromatic amines is 1. The number of nitrogens with one attached hydrogen (secondary N) is 1. The van der Waals surface area contributed by atoms with Gasteiger partial charge in [0.25, 0.3) is 0 Å². The van der Waals surface area contributed by atoms with Crippen LogP contribution in [0, 0.1) is 19.8 Å². The van der Waals surface area contributed by atoms with E-state index < -0.39 is 11.8 Å². The topological polar surface area (TPSA) is 108 Å². The van der Waals surface area contributed by atoms with Crippen molar-refractivity contribution in [2.24, 2.45) is 16.6 Å². The van der Waals surface area contributed by atoms with E-state index in [9.17, 15) is 9.90 Å². The molecule has 0 fully saturated rings. The highest BCUT2D eigenvalue weighted by molar-refractivity contribution is 5.77. The van der Waals surface area contributed by atoms with Crippen LogP contribution in [-0.2, 0) is 0 Å². The first-order chi connectivity index (χ1) is 12.3. The van der Waals surface area contributed by atoms with Crippen molar-refractivity contribution in [2.45, 2.75) is 33.3 Å². The molecule has 2 heterocycles. The third-order valence-corrected chi connectivity index (χ3v) is 5.04. The number of nitrogens with zero attached hydrogens (tertiary/aromatic N) is 3. The van der Waals surface area contributed by atoms with Crippen LogP contribution >= 0.6 is 0 Å². The Morgan fingerprint density at radius 1 is 1.35 bits per heavy atom. The second-order valence-corrected chi connectivity index (χ2v) is 6.95. The number of benzene rings is 1. The summed E-state index contributed by atoms with van der Waals surface area (Å²) in [6.07, 6.45) is 0.143. The summed E-state index contributed by atoms with van der Waals surface area (Å²) in [5, 5.41) is 11.0. The molecule has 1 aromatic heterocycles. The Balaban J connectivity index is 2.12. The Morgan fingerprint density at radius 2 is 2.04 bits per heavy atom. The Hall–Kier alpha value is -2.51. The van der Waals surface area contributed by atoms with Gasteiger partial charge in [0, 0.05) is 13.1 Å². The molecule has 0 saturated carbocycles. The quantitative estimate of drug-likeness (QED) is 0.726. The van der Waals surface area contributed by atoms with E-state index in [2.05, 4.69) is 27.6 Å². The van der Waals surface area contributed by atoms with E-state index in [1.54, 1.807) is 0 Å². The molecule has 1 aromatic carbocycles. The molecule has 0 saturated heterocycles. The fourth-order valence-corrected chi connectivity index (χ4v) is 3.12. The van der Waals surface area contributed by atoms with Crippen molar-refractivity contribution in [2.75, 3.05) is 18.0 Å². The van der Waals surface area contributed by atoms with Crippen LogP contribution in [0.25, 0.3) is 6.58 Å². The monoisotopic (exact) mass is 355 g/mol. The van der Waals surface area contributed by atoms with E-state index in [1.807, 2.05) is 31.7 Å². The SMILES string of the molecule is C=c1[nH]c(=O)nc2c1=Nc1cc(C)c(C)cc1N2CC[C@H](C)[C@H](O)CN. The second-order valence-electron chi connectivity index (χ2n) is 6.95. The molecule has 0 bridgehead atoms. The highest BCUT2D eigenvalue weighted by atomic mass is 16.3. The molecule has 3 rings (SSSR count). The van der Waals surface area contributed by atoms with Crippen molar-refractivity contribution in [1.29, 1.82) is 0 Å². The fourth-order valence-electron chi connectivity index (χ4n) is 3.12. The molecule has 138 valence electrons. The van der Waals surface area contributed by atoms with Gasteiger partial charge in [-0.2, -0.15) is 4.98 Å². The molecule has 2 atom stereocenters. The van der Waals surface area contributed by atoms with E-state index in [0.717, 1.165) is 22.5 Å². The minimum atomic E-state index is -0.557. The first-order valence-corrected chi connectivity index (χ1v) is 8.76. The summed E-state index contributed by atoms with van der Waals surface area (Å²) in [7, 11) is 0. The summed E-state index contributed by atoms with van der Waals surface area (Å²) < 4.78 is 0. The number of hydrogen-bond donors (Lipinski definition) is 3. The van der Waals surface area contributed by atoms with Crippen LogP contribution in [0.5, 0.6) is 0 Å². The van der Waals surface area contributed by atoms with Crippen molar-refractivity contribution in [3.05, 3.63) is 44.5 Å². The summed E-state index contributed by atoms with van der Waals surface area (Å²) >= 11 is 0. The predicted octanol–water partition coefficient (Wildman–Crippen LogP) is 0.546. The van der Waals surface area contributed by atoms with Gasteiger partial charge in [0.1, 0.15) is 5.36 Å². The van der Waals surface area contributed by atoms with Crippen LogP contribution in [0.15, 0.2) is 21.9 Å². The van der Waals surface area contributed by atoms with Gasteiger partial charge in [-0.05, 0) is 49.4 Å². The largest absolute Gasteiger partial charge is 0.392 e. The lowest BCUT2D eigenvalue weighted by Crippen LogP contribution is -2.43. The zero-order chi connectivity index (χ0) is 19.0. The lowest BCUT2D eigenvalue weighted by molar-refractivity contribution is 0.121. The molecule has 7 heteroatoms. The zero-order valence-corrected chi connectivity index (χ0v) is 15.4. The third-order valence-electron chi connectivity index (χ3n) is 5.04. The smallest absolute Gasteiger partial charge is 0.347 e. The molecule has 26 heavy (non-hydrogen) atoms. The van der Waals surface area contributed by atoms with Crippen molar-refractivity contribution in [3.63, 3.8) is 0 Å². The number of nitrogens with two attached hydrogens (primary N) is 1. The van der Waals surface area contributed by atoms with E-state index in [4.69, 9.17) is 5.73 Å². The summed E-state index contributed by atoms with van der Waals surface area (Å²) in [5.41, 5.74) is 9.14. The Labute approximate surface area is 151 Å². The minimum absolute atomic E-state index is 0.0264. The lowest BCUT2D eigenvalue weighted by atomic mass is 10.00. The van der Waals surface area contributed by atoms with Crippen LogP contribution in [0.1, 0.15) is 24.5 Å². The van der Waals surface area contributed by atoms with E-state index in [1.165, 1.54) is 0 Å². The first-order valence-electron chi connectivity index (χ1n) is 8.76. The van der Waals surface area contributed by atoms with Gasteiger partial charge < -0.3 is 20.7 Å². The number of aromatic nitrogens is 2. The molecule has 0 amide bonds. The van der Waals surface area contributed by atoms with E-state index in [-0.39, 0.29) is 12.5 Å². The average molecular weight is 355 g/mol. The van der Waals surface area contributed by atoms with Crippen LogP contribution in [0.4, 0.5) is 17.2 Å². The normalized spacial score (nSPS) is 15.0. The molecule has 0 unspecified atom stereocenters. The van der Waals surface area contributed by atoms with Gasteiger partial charge in [-0.25, -0.2) is 9.79 Å². The molecule has 7 nitrogen and oxygen atoms in total. The van der Waals surface area contributed by atoms with Gasteiger partial charge in [0.05, 0.1) is 22.8 Å². The maximum Gasteiger partial charge on any atom is 0.347 e. The molecule has 1 aliphatic rings. The standard InChI is InChI=1S/C19H25N5O2/c1-10(16(25)9-20)5-6-24-15-8-12(3)11(2)7-14(15)22-17-13(4)21-19(26)23-18(17)24/h7-8,10,16,25H,4-6,9,20H2,1-3H3,(H,21,26)/t10-,16+/m0/s1. The van der Waals surface area contributed by atoms with Crippen molar-refractivity contribution in [1.82, 2.24) is 9.97 Å². The molecule has 0 spiro atoms. The maximum absolute atomic E-state index is 11.9. The number of H-pyrrole nitrogens is 1. The first kappa shape index (κ1) is 18.3. The van der Waals surface area contributed by atoms with E-state index in [0.29, 0.717) is 29.5 Å². The Kier molecular flexibility index (Phi) is 4.93. The predicted molar refractivity (Wildman–Crippen MR) is 103 cm³/mol. The molecule has 0 aliphatic carbocycles. The number of hydrogen-bond acceptors (Lipinski definition) is 6.